The van der Waals surface area contributed by atoms with Gasteiger partial charge in [0.2, 0.25) is 0 Å². The summed E-state index contributed by atoms with van der Waals surface area (Å²) in [6, 6.07) is 11.2. The number of hydrazine groups is 1. The topological polar surface area (TPSA) is 65.8 Å². The maximum absolute atomic E-state index is 4.20. The fraction of sp³-hybridized carbons (Fsp3) is 0. The van der Waals surface area contributed by atoms with Gasteiger partial charge in [0.25, 0.3) is 0 Å². The summed E-state index contributed by atoms with van der Waals surface area (Å²) < 4.78 is 0. The van der Waals surface area contributed by atoms with Crippen LogP contribution in [0.4, 0.5) is 5.82 Å². The third-order valence-corrected chi connectivity index (χ3v) is 2.36. The first-order valence-electron chi connectivity index (χ1n) is 5.44. The minimum absolute atomic E-state index is 0.678. The van der Waals surface area contributed by atoms with E-state index >= 15 is 0 Å². The molecule has 88 valence electrons. The van der Waals surface area contributed by atoms with Crippen LogP contribution in [0.3, 0.4) is 0 Å². The molecule has 3 heterocycles. The second-order valence-corrected chi connectivity index (χ2v) is 3.56. The van der Waals surface area contributed by atoms with E-state index in [1.807, 2.05) is 36.4 Å². The third kappa shape index (κ3) is 2.03. The van der Waals surface area contributed by atoms with Crippen molar-refractivity contribution < 1.29 is 0 Å². The molecule has 0 bridgehead atoms. The zero-order valence-electron chi connectivity index (χ0n) is 9.43. The molecule has 2 aromatic heterocycles. The monoisotopic (exact) mass is 238 g/mol. The zero-order chi connectivity index (χ0) is 12.2. The number of nitrogens with one attached hydrogen (secondary N) is 1. The van der Waals surface area contributed by atoms with Gasteiger partial charge in [-0.3, -0.25) is 10.4 Å². The predicted molar refractivity (Wildman–Crippen MR) is 66.9 cm³/mol. The molecule has 1 aliphatic heterocycles. The summed E-state index contributed by atoms with van der Waals surface area (Å²) in [6.45, 7) is 0. The minimum Gasteiger partial charge on any atom is -0.280 e. The van der Waals surface area contributed by atoms with Gasteiger partial charge in [0.15, 0.2) is 5.82 Å². The molecule has 2 aromatic rings. The Bertz CT molecular complexity index is 578. The summed E-state index contributed by atoms with van der Waals surface area (Å²) in [6.07, 6.45) is 5.16. The standard InChI is InChI=1S/C12H10N6/c1-3-7-13-10(5-1)11-9-15-18(17-16-11)12-6-2-4-8-14-12/h1-9,15H. The van der Waals surface area contributed by atoms with Crippen LogP contribution in [0.5, 0.6) is 0 Å². The van der Waals surface area contributed by atoms with Crippen molar-refractivity contribution >= 4 is 11.5 Å². The van der Waals surface area contributed by atoms with Crippen LogP contribution in [-0.4, -0.2) is 9.97 Å². The van der Waals surface area contributed by atoms with Crippen molar-refractivity contribution in [2.24, 2.45) is 10.3 Å². The van der Waals surface area contributed by atoms with Crippen LogP contribution in [0.2, 0.25) is 0 Å². The van der Waals surface area contributed by atoms with Crippen molar-refractivity contribution in [1.29, 1.82) is 0 Å². The second-order valence-electron chi connectivity index (χ2n) is 3.56. The van der Waals surface area contributed by atoms with Gasteiger partial charge >= 0.3 is 0 Å². The molecule has 0 saturated heterocycles. The Hall–Kier alpha value is -2.76. The van der Waals surface area contributed by atoms with Gasteiger partial charge in [0, 0.05) is 12.4 Å². The molecule has 0 fully saturated rings. The Morgan fingerprint density at radius 2 is 1.78 bits per heavy atom. The molecule has 6 nitrogen and oxygen atoms in total. The average Bonchev–Trinajstić information content (AvgIpc) is 2.49. The molecule has 0 unspecified atom stereocenters. The normalized spacial score (nSPS) is 14.0. The Balaban J connectivity index is 1.79. The van der Waals surface area contributed by atoms with Crippen LogP contribution in [0.25, 0.3) is 5.70 Å². The Morgan fingerprint density at radius 1 is 0.944 bits per heavy atom. The number of rotatable bonds is 2. The Morgan fingerprint density at radius 3 is 2.39 bits per heavy atom. The molecule has 1 aliphatic rings. The first-order valence-corrected chi connectivity index (χ1v) is 5.44. The molecule has 18 heavy (non-hydrogen) atoms. The summed E-state index contributed by atoms with van der Waals surface area (Å²) in [5.74, 6) is 0.678. The van der Waals surface area contributed by atoms with Gasteiger partial charge in [-0.15, -0.1) is 10.2 Å². The first-order chi connectivity index (χ1) is 8.93. The van der Waals surface area contributed by atoms with E-state index < -0.39 is 0 Å². The number of hydrogen-bond acceptors (Lipinski definition) is 6. The zero-order valence-corrected chi connectivity index (χ0v) is 9.43. The fourth-order valence-electron chi connectivity index (χ4n) is 1.50. The van der Waals surface area contributed by atoms with Crippen molar-refractivity contribution in [3.8, 4) is 0 Å². The van der Waals surface area contributed by atoms with Crippen LogP contribution in [0.15, 0.2) is 65.3 Å². The van der Waals surface area contributed by atoms with E-state index in [0.717, 1.165) is 5.69 Å². The number of nitrogens with zero attached hydrogens (tertiary/aromatic N) is 5. The maximum Gasteiger partial charge on any atom is 0.173 e. The Kier molecular flexibility index (Phi) is 2.67. The fourth-order valence-corrected chi connectivity index (χ4v) is 1.50. The van der Waals surface area contributed by atoms with E-state index in [0.29, 0.717) is 11.5 Å². The predicted octanol–water partition coefficient (Wildman–Crippen LogP) is 2.17. The van der Waals surface area contributed by atoms with E-state index in [9.17, 15) is 0 Å². The summed E-state index contributed by atoms with van der Waals surface area (Å²) in [5.41, 5.74) is 4.45. The highest BCUT2D eigenvalue weighted by Crippen LogP contribution is 2.18. The Labute approximate surface area is 104 Å². The molecule has 0 amide bonds. The molecule has 3 rings (SSSR count). The van der Waals surface area contributed by atoms with Crippen LogP contribution < -0.4 is 10.5 Å². The van der Waals surface area contributed by atoms with E-state index in [4.69, 9.17) is 0 Å². The van der Waals surface area contributed by atoms with Crippen molar-refractivity contribution in [1.82, 2.24) is 15.4 Å². The van der Waals surface area contributed by atoms with E-state index in [2.05, 4.69) is 25.7 Å². The molecule has 0 spiro atoms. The van der Waals surface area contributed by atoms with Gasteiger partial charge in [0.1, 0.15) is 5.70 Å². The lowest BCUT2D eigenvalue weighted by Crippen LogP contribution is -2.31. The molecular weight excluding hydrogens is 228 g/mol. The molecule has 6 heteroatoms. The highest BCUT2D eigenvalue weighted by atomic mass is 15.8. The molecule has 0 aliphatic carbocycles. The molecule has 1 N–H and O–H groups in total. The SMILES string of the molecule is C1=C(c2ccccn2)N=NN(c2ccccn2)N1. The molecular formula is C12H10N6. The smallest absolute Gasteiger partial charge is 0.173 e. The van der Waals surface area contributed by atoms with Gasteiger partial charge < -0.3 is 0 Å². The van der Waals surface area contributed by atoms with E-state index in [1.165, 1.54) is 5.12 Å². The van der Waals surface area contributed by atoms with Crippen LogP contribution in [0, 0.1) is 0 Å². The largest absolute Gasteiger partial charge is 0.280 e. The highest BCUT2D eigenvalue weighted by Gasteiger charge is 2.11. The van der Waals surface area contributed by atoms with Gasteiger partial charge in [-0.1, -0.05) is 12.1 Å². The van der Waals surface area contributed by atoms with Crippen molar-refractivity contribution in [2.45, 2.75) is 0 Å². The lowest BCUT2D eigenvalue weighted by Gasteiger charge is -2.19. The van der Waals surface area contributed by atoms with Gasteiger partial charge in [-0.25, -0.2) is 4.98 Å². The third-order valence-electron chi connectivity index (χ3n) is 2.36. The van der Waals surface area contributed by atoms with Gasteiger partial charge in [-0.05, 0) is 29.5 Å². The minimum atomic E-state index is 0.678. The number of anilines is 1. The second kappa shape index (κ2) is 4.62. The number of pyridine rings is 2. The first kappa shape index (κ1) is 10.4. The average molecular weight is 238 g/mol. The molecule has 0 saturated carbocycles. The van der Waals surface area contributed by atoms with Crippen molar-refractivity contribution in [3.63, 3.8) is 0 Å². The van der Waals surface area contributed by atoms with Gasteiger partial charge in [-0.2, -0.15) is 0 Å². The molecule has 0 radical (unpaired) electrons. The lowest BCUT2D eigenvalue weighted by molar-refractivity contribution is 0.705. The quantitative estimate of drug-likeness (QED) is 0.870. The van der Waals surface area contributed by atoms with E-state index in [-0.39, 0.29) is 0 Å². The van der Waals surface area contributed by atoms with Gasteiger partial charge in [0.05, 0.1) is 11.9 Å². The highest BCUT2D eigenvalue weighted by molar-refractivity contribution is 5.61. The molecule has 0 aromatic carbocycles. The maximum atomic E-state index is 4.20. The lowest BCUT2D eigenvalue weighted by atomic mass is 10.3. The summed E-state index contributed by atoms with van der Waals surface area (Å²) in [5, 5.41) is 9.63. The summed E-state index contributed by atoms with van der Waals surface area (Å²) in [7, 11) is 0. The molecule has 0 atom stereocenters. The summed E-state index contributed by atoms with van der Waals surface area (Å²) >= 11 is 0. The van der Waals surface area contributed by atoms with Crippen LogP contribution in [-0.2, 0) is 0 Å². The van der Waals surface area contributed by atoms with Crippen molar-refractivity contribution in [2.75, 3.05) is 5.12 Å². The van der Waals surface area contributed by atoms with Crippen LogP contribution >= 0.6 is 0 Å². The number of aromatic nitrogens is 2. The van der Waals surface area contributed by atoms with Crippen LogP contribution in [0.1, 0.15) is 5.69 Å². The van der Waals surface area contributed by atoms with E-state index in [1.54, 1.807) is 18.6 Å². The number of hydrogen-bond donors (Lipinski definition) is 1. The summed E-state index contributed by atoms with van der Waals surface area (Å²) in [4.78, 5) is 8.37. The van der Waals surface area contributed by atoms with Crippen molar-refractivity contribution in [3.05, 3.63) is 60.7 Å².